The first-order chi connectivity index (χ1) is 12.3. The third-order valence-corrected chi connectivity index (χ3v) is 6.27. The van der Waals surface area contributed by atoms with Crippen molar-refractivity contribution in [2.24, 2.45) is 5.41 Å². The summed E-state index contributed by atoms with van der Waals surface area (Å²) < 4.78 is 27.9. The van der Waals surface area contributed by atoms with Crippen molar-refractivity contribution in [2.75, 3.05) is 13.1 Å². The van der Waals surface area contributed by atoms with E-state index in [0.29, 0.717) is 18.5 Å². The minimum absolute atomic E-state index is 0.0281. The van der Waals surface area contributed by atoms with Crippen molar-refractivity contribution in [2.45, 2.75) is 51.1 Å². The lowest BCUT2D eigenvalue weighted by atomic mass is 9.90. The number of likely N-dealkylation sites (tertiary alicyclic amines) is 1. The second kappa shape index (κ2) is 7.47. The van der Waals surface area contributed by atoms with Crippen LogP contribution in [0.15, 0.2) is 29.2 Å². The molecule has 150 valence electrons. The molecule has 0 aliphatic carbocycles. The van der Waals surface area contributed by atoms with E-state index in [-0.39, 0.29) is 18.0 Å². The van der Waals surface area contributed by atoms with Crippen molar-refractivity contribution < 1.29 is 23.1 Å². The number of hydrogen-bond acceptors (Lipinski definition) is 4. The van der Waals surface area contributed by atoms with E-state index in [1.54, 1.807) is 45.9 Å². The zero-order valence-electron chi connectivity index (χ0n) is 16.1. The highest BCUT2D eigenvalue weighted by atomic mass is 32.2. The Labute approximate surface area is 160 Å². The van der Waals surface area contributed by atoms with Gasteiger partial charge in [-0.05, 0) is 45.7 Å². The van der Waals surface area contributed by atoms with Crippen LogP contribution in [0.5, 0.6) is 0 Å². The van der Waals surface area contributed by atoms with Gasteiger partial charge >= 0.3 is 12.0 Å². The minimum atomic E-state index is -3.74. The van der Waals surface area contributed by atoms with Crippen LogP contribution >= 0.6 is 0 Å². The highest BCUT2D eigenvalue weighted by Crippen LogP contribution is 2.30. The first-order valence-corrected chi connectivity index (χ1v) is 10.2. The van der Waals surface area contributed by atoms with Crippen LogP contribution in [0.25, 0.3) is 0 Å². The number of carboxylic acids is 1. The van der Waals surface area contributed by atoms with Crippen molar-refractivity contribution in [1.82, 2.24) is 14.9 Å². The summed E-state index contributed by atoms with van der Waals surface area (Å²) in [6.07, 6.45) is 0.385. The fourth-order valence-corrected chi connectivity index (χ4v) is 4.62. The molecule has 0 aromatic heterocycles. The van der Waals surface area contributed by atoms with Crippen LogP contribution in [0.4, 0.5) is 4.79 Å². The fourth-order valence-electron chi connectivity index (χ4n) is 2.96. The number of rotatable bonds is 5. The van der Waals surface area contributed by atoms with Crippen LogP contribution < -0.4 is 10.0 Å². The molecule has 0 saturated carbocycles. The van der Waals surface area contributed by atoms with Crippen LogP contribution in [0.1, 0.15) is 39.7 Å². The largest absolute Gasteiger partial charge is 0.481 e. The first kappa shape index (κ1) is 21.2. The Kier molecular flexibility index (Phi) is 5.86. The van der Waals surface area contributed by atoms with E-state index in [1.165, 1.54) is 11.0 Å². The average molecular weight is 397 g/mol. The number of urea groups is 1. The summed E-state index contributed by atoms with van der Waals surface area (Å²) in [6, 6.07) is 6.06. The lowest BCUT2D eigenvalue weighted by molar-refractivity contribution is -0.147. The molecule has 1 aromatic carbocycles. The topological polar surface area (TPSA) is 116 Å². The molecule has 8 nitrogen and oxygen atoms in total. The molecule has 2 rings (SSSR count). The molecular formula is C18H27N3O5S. The van der Waals surface area contributed by atoms with Crippen molar-refractivity contribution in [3.8, 4) is 0 Å². The predicted octanol–water partition coefficient (Wildman–Crippen LogP) is 1.77. The number of carboxylic acid groups (broad SMARTS) is 1. The zero-order chi connectivity index (χ0) is 20.5. The van der Waals surface area contributed by atoms with Crippen molar-refractivity contribution in [3.63, 3.8) is 0 Å². The maximum atomic E-state index is 12.6. The molecule has 1 aliphatic heterocycles. The average Bonchev–Trinajstić information content (AvgIpc) is 2.94. The highest BCUT2D eigenvalue weighted by molar-refractivity contribution is 7.89. The van der Waals surface area contributed by atoms with Gasteiger partial charge < -0.3 is 15.3 Å². The maximum Gasteiger partial charge on any atom is 0.317 e. The SMILES string of the molecule is CC(C)(C)NS(=O)(=O)c1ccccc1CNC(=O)N1CCC(C)(C(=O)O)C1. The molecule has 1 fully saturated rings. The third kappa shape index (κ3) is 5.20. The number of hydrogen-bond donors (Lipinski definition) is 3. The van der Waals surface area contributed by atoms with Gasteiger partial charge in [0.1, 0.15) is 0 Å². The molecule has 27 heavy (non-hydrogen) atoms. The van der Waals surface area contributed by atoms with Crippen LogP contribution in [0.3, 0.4) is 0 Å². The molecule has 1 saturated heterocycles. The van der Waals surface area contributed by atoms with Crippen LogP contribution in [-0.2, 0) is 21.4 Å². The molecule has 1 aliphatic rings. The number of benzene rings is 1. The smallest absolute Gasteiger partial charge is 0.317 e. The van der Waals surface area contributed by atoms with Crippen molar-refractivity contribution in [3.05, 3.63) is 29.8 Å². The second-order valence-electron chi connectivity index (χ2n) is 8.16. The van der Waals surface area contributed by atoms with Crippen LogP contribution in [-0.4, -0.2) is 49.1 Å². The van der Waals surface area contributed by atoms with Crippen LogP contribution in [0, 0.1) is 5.41 Å². The van der Waals surface area contributed by atoms with E-state index in [9.17, 15) is 23.1 Å². The summed E-state index contributed by atoms with van der Waals surface area (Å²) >= 11 is 0. The molecule has 0 bridgehead atoms. The molecule has 0 spiro atoms. The van der Waals surface area contributed by atoms with Crippen molar-refractivity contribution >= 4 is 22.0 Å². The molecule has 9 heteroatoms. The summed E-state index contributed by atoms with van der Waals surface area (Å²) in [5.74, 6) is -0.928. The molecular weight excluding hydrogens is 370 g/mol. The Morgan fingerprint density at radius 2 is 1.89 bits per heavy atom. The van der Waals surface area contributed by atoms with Gasteiger partial charge in [0, 0.05) is 25.2 Å². The van der Waals surface area contributed by atoms with Gasteiger partial charge in [0.25, 0.3) is 0 Å². The monoisotopic (exact) mass is 397 g/mol. The molecule has 1 heterocycles. The summed E-state index contributed by atoms with van der Waals surface area (Å²) in [5, 5.41) is 12.0. The van der Waals surface area contributed by atoms with E-state index in [2.05, 4.69) is 10.0 Å². The molecule has 2 amide bonds. The predicted molar refractivity (Wildman–Crippen MR) is 101 cm³/mol. The molecule has 1 unspecified atom stereocenters. The first-order valence-electron chi connectivity index (χ1n) is 8.72. The number of carbonyl (C=O) groups excluding carboxylic acids is 1. The van der Waals surface area contributed by atoms with Gasteiger partial charge in [-0.2, -0.15) is 0 Å². The van der Waals surface area contributed by atoms with Crippen LogP contribution in [0.2, 0.25) is 0 Å². The maximum absolute atomic E-state index is 12.6. The van der Waals surface area contributed by atoms with E-state index in [1.807, 2.05) is 0 Å². The van der Waals surface area contributed by atoms with Gasteiger partial charge in [0.15, 0.2) is 0 Å². The lowest BCUT2D eigenvalue weighted by Gasteiger charge is -2.22. The second-order valence-corrected chi connectivity index (χ2v) is 9.81. The fraction of sp³-hybridized carbons (Fsp3) is 0.556. The van der Waals surface area contributed by atoms with Gasteiger partial charge in [0.05, 0.1) is 10.3 Å². The van der Waals surface area contributed by atoms with Gasteiger partial charge in [0.2, 0.25) is 10.0 Å². The number of amides is 2. The van der Waals surface area contributed by atoms with E-state index < -0.39 is 33.0 Å². The number of sulfonamides is 1. The van der Waals surface area contributed by atoms with Gasteiger partial charge in [-0.3, -0.25) is 4.79 Å². The van der Waals surface area contributed by atoms with Gasteiger partial charge in [-0.15, -0.1) is 0 Å². The summed E-state index contributed by atoms with van der Waals surface area (Å²) in [6.45, 7) is 7.37. The minimum Gasteiger partial charge on any atom is -0.481 e. The summed E-state index contributed by atoms with van der Waals surface area (Å²) in [7, 11) is -3.74. The Hall–Kier alpha value is -2.13. The van der Waals surface area contributed by atoms with Gasteiger partial charge in [-0.1, -0.05) is 18.2 Å². The Balaban J connectivity index is 2.09. The number of nitrogens with one attached hydrogen (secondary N) is 2. The normalized spacial score (nSPS) is 20.5. The molecule has 1 atom stereocenters. The highest BCUT2D eigenvalue weighted by Gasteiger charge is 2.42. The van der Waals surface area contributed by atoms with E-state index in [0.717, 1.165) is 0 Å². The molecule has 0 radical (unpaired) electrons. The Morgan fingerprint density at radius 1 is 1.26 bits per heavy atom. The summed E-state index contributed by atoms with van der Waals surface area (Å²) in [4.78, 5) is 25.2. The number of aliphatic carboxylic acids is 1. The Bertz CT molecular complexity index is 832. The zero-order valence-corrected chi connectivity index (χ0v) is 16.9. The summed E-state index contributed by atoms with van der Waals surface area (Å²) in [5.41, 5.74) is -1.12. The van der Waals surface area contributed by atoms with Crippen molar-refractivity contribution in [1.29, 1.82) is 0 Å². The number of carbonyl (C=O) groups is 2. The van der Waals surface area contributed by atoms with E-state index in [4.69, 9.17) is 0 Å². The Morgan fingerprint density at radius 3 is 2.44 bits per heavy atom. The lowest BCUT2D eigenvalue weighted by Crippen LogP contribution is -2.42. The third-order valence-electron chi connectivity index (χ3n) is 4.41. The molecule has 3 N–H and O–H groups in total. The molecule has 1 aromatic rings. The number of nitrogens with zero attached hydrogens (tertiary/aromatic N) is 1. The standard InChI is InChI=1S/C18H27N3O5S/c1-17(2,3)20-27(25,26)14-8-6-5-7-13(14)11-19-16(24)21-10-9-18(4,12-21)15(22)23/h5-8,20H,9-12H2,1-4H3,(H,19,24)(H,22,23). The van der Waals surface area contributed by atoms with Gasteiger partial charge in [-0.25, -0.2) is 17.9 Å². The quantitative estimate of drug-likeness (QED) is 0.700. The van der Waals surface area contributed by atoms with E-state index >= 15 is 0 Å².